The summed E-state index contributed by atoms with van der Waals surface area (Å²) in [5.41, 5.74) is 8.95. The van der Waals surface area contributed by atoms with Gasteiger partial charge in [-0.3, -0.25) is 9.59 Å². The molecule has 200 valence electrons. The number of aliphatic carboxylic acids is 1. The fourth-order valence-corrected chi connectivity index (χ4v) is 5.93. The van der Waals surface area contributed by atoms with Gasteiger partial charge in [-0.15, -0.1) is 0 Å². The van der Waals surface area contributed by atoms with Crippen LogP contribution in [-0.4, -0.2) is 61.9 Å². The molecule has 0 aliphatic carbocycles. The molecule has 1 aliphatic rings. The summed E-state index contributed by atoms with van der Waals surface area (Å²) in [6, 6.07) is 18.2. The summed E-state index contributed by atoms with van der Waals surface area (Å²) < 4.78 is 29.0. The summed E-state index contributed by atoms with van der Waals surface area (Å²) in [6.45, 7) is 3.35. The number of rotatable bonds is 10. The Morgan fingerprint density at radius 3 is 2.29 bits per heavy atom. The van der Waals surface area contributed by atoms with E-state index >= 15 is 0 Å². The van der Waals surface area contributed by atoms with Gasteiger partial charge in [-0.1, -0.05) is 61.9 Å². The monoisotopic (exact) mass is 536 g/mol. The first-order valence-electron chi connectivity index (χ1n) is 12.5. The maximum absolute atomic E-state index is 12.7. The first-order valence-corrected chi connectivity index (χ1v) is 14.0. The molecule has 3 aromatic carbocycles. The highest BCUT2D eigenvalue weighted by Crippen LogP contribution is 2.23. The van der Waals surface area contributed by atoms with E-state index in [0.29, 0.717) is 25.1 Å². The van der Waals surface area contributed by atoms with Crippen molar-refractivity contribution in [3.05, 3.63) is 77.4 Å². The highest BCUT2D eigenvalue weighted by atomic mass is 32.2. The third-order valence-corrected chi connectivity index (χ3v) is 8.27. The predicted octanol–water partition coefficient (Wildman–Crippen LogP) is 3.32. The van der Waals surface area contributed by atoms with E-state index in [2.05, 4.69) is 9.62 Å². The molecule has 0 bridgehead atoms. The summed E-state index contributed by atoms with van der Waals surface area (Å²) in [6.07, 6.45) is 4.77. The number of hydrogen-bond donors (Lipinski definition) is 3. The first-order chi connectivity index (χ1) is 18.2. The number of nitrogens with two attached hydrogens (primary N) is 1. The number of carbonyl (C=O) groups is 2. The lowest BCUT2D eigenvalue weighted by Gasteiger charge is -2.35. The summed E-state index contributed by atoms with van der Waals surface area (Å²) in [5.74, 6) is -1.62. The van der Waals surface area contributed by atoms with Crippen molar-refractivity contribution in [2.45, 2.75) is 25.8 Å². The normalized spacial score (nSPS) is 15.7. The Labute approximate surface area is 222 Å². The Kier molecular flexibility index (Phi) is 8.45. The number of primary amides is 1. The van der Waals surface area contributed by atoms with E-state index in [9.17, 15) is 23.1 Å². The van der Waals surface area contributed by atoms with Crippen molar-refractivity contribution >= 4 is 50.7 Å². The molecule has 10 heteroatoms. The second-order valence-electron chi connectivity index (χ2n) is 9.26. The molecule has 1 saturated heterocycles. The average molecular weight is 537 g/mol. The van der Waals surface area contributed by atoms with Gasteiger partial charge in [-0.25, -0.2) is 0 Å². The van der Waals surface area contributed by atoms with Gasteiger partial charge in [0.05, 0.1) is 0 Å². The molecular formula is C28H32N4O5S. The summed E-state index contributed by atoms with van der Waals surface area (Å²) in [4.78, 5) is 25.2. The van der Waals surface area contributed by atoms with Crippen molar-refractivity contribution in [1.82, 2.24) is 9.03 Å². The van der Waals surface area contributed by atoms with Crippen molar-refractivity contribution in [1.29, 1.82) is 0 Å². The maximum atomic E-state index is 12.7. The third-order valence-electron chi connectivity index (χ3n) is 6.64. The number of carboxylic acids is 1. The van der Waals surface area contributed by atoms with Crippen LogP contribution in [0.15, 0.2) is 60.7 Å². The van der Waals surface area contributed by atoms with E-state index in [1.165, 1.54) is 4.31 Å². The average Bonchev–Trinajstić information content (AvgIpc) is 2.91. The molecule has 4 rings (SSSR count). The van der Waals surface area contributed by atoms with Gasteiger partial charge in [0, 0.05) is 37.4 Å². The molecule has 4 N–H and O–H groups in total. The second kappa shape index (κ2) is 11.8. The summed E-state index contributed by atoms with van der Waals surface area (Å²) in [5, 5.41) is 11.0. The number of hydrogen-bond acceptors (Lipinski definition) is 5. The van der Waals surface area contributed by atoms with E-state index < -0.39 is 28.1 Å². The number of nitrogens with one attached hydrogen (secondary N) is 1. The number of carbonyl (C=O) groups excluding carboxylic acids is 1. The number of carboxylic acid groups (broad SMARTS) is 1. The Hall–Kier alpha value is -3.73. The molecule has 1 heterocycles. The van der Waals surface area contributed by atoms with Crippen LogP contribution >= 0.6 is 0 Å². The summed E-state index contributed by atoms with van der Waals surface area (Å²) in [7, 11) is -3.88. The van der Waals surface area contributed by atoms with Crippen LogP contribution in [0.4, 0.5) is 5.69 Å². The molecule has 9 nitrogen and oxygen atoms in total. The molecule has 0 saturated carbocycles. The Balaban J connectivity index is 1.38. The lowest BCUT2D eigenvalue weighted by atomic mass is 10.0. The third kappa shape index (κ3) is 6.39. The number of amides is 1. The van der Waals surface area contributed by atoms with Crippen molar-refractivity contribution in [2.24, 2.45) is 5.73 Å². The van der Waals surface area contributed by atoms with Crippen molar-refractivity contribution in [2.75, 3.05) is 31.1 Å². The van der Waals surface area contributed by atoms with E-state index in [0.717, 1.165) is 27.6 Å². The maximum Gasteiger partial charge on any atom is 0.321 e. The van der Waals surface area contributed by atoms with E-state index in [4.69, 9.17) is 5.73 Å². The predicted molar refractivity (Wildman–Crippen MR) is 150 cm³/mol. The molecule has 0 unspecified atom stereocenters. The van der Waals surface area contributed by atoms with Crippen LogP contribution in [0, 0.1) is 0 Å². The van der Waals surface area contributed by atoms with Gasteiger partial charge in [0.2, 0.25) is 5.91 Å². The fourth-order valence-electron chi connectivity index (χ4n) is 4.56. The van der Waals surface area contributed by atoms with Gasteiger partial charge in [-0.05, 0) is 52.6 Å². The molecule has 1 aliphatic heterocycles. The summed E-state index contributed by atoms with van der Waals surface area (Å²) >= 11 is 0. The minimum atomic E-state index is -3.88. The topological polar surface area (TPSA) is 133 Å². The van der Waals surface area contributed by atoms with Crippen molar-refractivity contribution in [3.63, 3.8) is 0 Å². The minimum Gasteiger partial charge on any atom is -0.480 e. The van der Waals surface area contributed by atoms with Crippen LogP contribution in [0.3, 0.4) is 0 Å². The molecule has 38 heavy (non-hydrogen) atoms. The quantitative estimate of drug-likeness (QED) is 0.341. The van der Waals surface area contributed by atoms with E-state index in [1.807, 2.05) is 73.7 Å². The standard InChI is InChI=1S/C28H32N4O5S/c1-2-4-26(28(34)35)30-38(36,37)32-17-15-31(16-18-32)23-13-10-20(11-14-23)7-8-21-9-12-22-5-3-6-24(27(29)33)25(22)19-21/h3,5-14,19,26,30H,2,4,15-18H2,1H3,(H2,29,33)(H,34,35)/t26-/m0/s1. The first kappa shape index (κ1) is 27.3. The van der Waals surface area contributed by atoms with Crippen LogP contribution in [0.1, 0.15) is 41.3 Å². The molecule has 3 aromatic rings. The Morgan fingerprint density at radius 2 is 1.66 bits per heavy atom. The van der Waals surface area contributed by atoms with Gasteiger partial charge in [0.25, 0.3) is 10.2 Å². The molecule has 1 amide bonds. The largest absolute Gasteiger partial charge is 0.480 e. The number of benzene rings is 3. The van der Waals surface area contributed by atoms with Crippen LogP contribution in [0.2, 0.25) is 0 Å². The van der Waals surface area contributed by atoms with Crippen molar-refractivity contribution < 1.29 is 23.1 Å². The van der Waals surface area contributed by atoms with Gasteiger partial charge in [-0.2, -0.15) is 17.4 Å². The molecule has 0 aromatic heterocycles. The molecular weight excluding hydrogens is 504 g/mol. The van der Waals surface area contributed by atoms with Gasteiger partial charge < -0.3 is 15.7 Å². The smallest absolute Gasteiger partial charge is 0.321 e. The van der Waals surface area contributed by atoms with Crippen LogP contribution in [-0.2, 0) is 15.0 Å². The van der Waals surface area contributed by atoms with Gasteiger partial charge in [0.15, 0.2) is 0 Å². The zero-order valence-electron chi connectivity index (χ0n) is 21.2. The lowest BCUT2D eigenvalue weighted by Crippen LogP contribution is -2.54. The highest BCUT2D eigenvalue weighted by molar-refractivity contribution is 7.87. The zero-order chi connectivity index (χ0) is 27.3. The minimum absolute atomic E-state index is 0.241. The number of nitrogens with zero attached hydrogens (tertiary/aromatic N) is 2. The highest BCUT2D eigenvalue weighted by Gasteiger charge is 2.31. The lowest BCUT2D eigenvalue weighted by molar-refractivity contribution is -0.139. The molecule has 0 spiro atoms. The number of fused-ring (bicyclic) bond motifs is 1. The van der Waals surface area contributed by atoms with Gasteiger partial charge in [0.1, 0.15) is 6.04 Å². The Bertz CT molecular complexity index is 1450. The van der Waals surface area contributed by atoms with Crippen LogP contribution in [0.25, 0.3) is 22.9 Å². The van der Waals surface area contributed by atoms with E-state index in [1.54, 1.807) is 6.07 Å². The fraction of sp³-hybridized carbons (Fsp3) is 0.286. The van der Waals surface area contributed by atoms with Crippen molar-refractivity contribution in [3.8, 4) is 0 Å². The zero-order valence-corrected chi connectivity index (χ0v) is 22.0. The van der Waals surface area contributed by atoms with E-state index in [-0.39, 0.29) is 19.5 Å². The van der Waals surface area contributed by atoms with Gasteiger partial charge >= 0.3 is 5.97 Å². The number of piperazine rings is 1. The second-order valence-corrected chi connectivity index (χ2v) is 11.0. The Morgan fingerprint density at radius 1 is 1.00 bits per heavy atom. The SMILES string of the molecule is CCC[C@H](NS(=O)(=O)N1CCN(c2ccc(C=Cc3ccc4cccc(C(N)=O)c4c3)cc2)CC1)C(=O)O. The molecule has 0 radical (unpaired) electrons. The number of anilines is 1. The van der Waals surface area contributed by atoms with Crippen LogP contribution in [0.5, 0.6) is 0 Å². The van der Waals surface area contributed by atoms with Crippen LogP contribution < -0.4 is 15.4 Å². The molecule has 1 fully saturated rings. The molecule has 1 atom stereocenters.